The second-order valence-electron chi connectivity index (χ2n) is 5.73. The molecule has 1 N–H and O–H groups in total. The largest absolute Gasteiger partial charge is 0.389 e. The van der Waals surface area contributed by atoms with Gasteiger partial charge in [0.1, 0.15) is 0 Å². The first-order valence-electron chi connectivity index (χ1n) is 6.93. The Morgan fingerprint density at radius 3 is 2.79 bits per heavy atom. The van der Waals surface area contributed by atoms with Gasteiger partial charge in [-0.2, -0.15) is 0 Å². The summed E-state index contributed by atoms with van der Waals surface area (Å²) in [5.74, 6) is 0.242. The number of fused-ring (bicyclic) bond motifs is 1. The summed E-state index contributed by atoms with van der Waals surface area (Å²) in [5.41, 5.74) is 0.524. The molecule has 1 aliphatic heterocycles. The standard InChI is InChI=1S/C17H20O2/c1-17(18,15-9-10-19-12-15)11-14-7-4-6-13-5-2-3-8-16(13)14/h2-8,15,18H,9-12H2,1H3. The summed E-state index contributed by atoms with van der Waals surface area (Å²) in [6.45, 7) is 3.39. The Balaban J connectivity index is 1.92. The van der Waals surface area contributed by atoms with Gasteiger partial charge in [0.2, 0.25) is 0 Å². The number of benzene rings is 2. The summed E-state index contributed by atoms with van der Waals surface area (Å²) in [6, 6.07) is 14.7. The molecule has 19 heavy (non-hydrogen) atoms. The van der Waals surface area contributed by atoms with E-state index in [2.05, 4.69) is 42.5 Å². The SMILES string of the molecule is CC(O)(Cc1cccc2ccccc12)C1CCOC1. The molecule has 3 rings (SSSR count). The van der Waals surface area contributed by atoms with Gasteiger partial charge in [0, 0.05) is 18.9 Å². The van der Waals surface area contributed by atoms with E-state index in [1.165, 1.54) is 16.3 Å². The van der Waals surface area contributed by atoms with E-state index in [1.54, 1.807) is 0 Å². The second kappa shape index (κ2) is 4.95. The van der Waals surface area contributed by atoms with Gasteiger partial charge in [-0.05, 0) is 29.7 Å². The van der Waals surface area contributed by atoms with Crippen molar-refractivity contribution in [2.24, 2.45) is 5.92 Å². The van der Waals surface area contributed by atoms with Crippen molar-refractivity contribution in [2.75, 3.05) is 13.2 Å². The number of ether oxygens (including phenoxy) is 1. The molecule has 2 atom stereocenters. The zero-order valence-corrected chi connectivity index (χ0v) is 11.3. The summed E-state index contributed by atoms with van der Waals surface area (Å²) >= 11 is 0. The van der Waals surface area contributed by atoms with Gasteiger partial charge < -0.3 is 9.84 Å². The Kier molecular flexibility index (Phi) is 3.29. The topological polar surface area (TPSA) is 29.5 Å². The first-order valence-corrected chi connectivity index (χ1v) is 6.93. The molecule has 2 unspecified atom stereocenters. The Hall–Kier alpha value is -1.38. The molecule has 2 nitrogen and oxygen atoms in total. The van der Waals surface area contributed by atoms with Crippen LogP contribution in [0, 0.1) is 5.92 Å². The van der Waals surface area contributed by atoms with Crippen LogP contribution in [0.4, 0.5) is 0 Å². The van der Waals surface area contributed by atoms with E-state index in [0.29, 0.717) is 13.0 Å². The molecule has 0 saturated carbocycles. The highest BCUT2D eigenvalue weighted by Gasteiger charge is 2.35. The van der Waals surface area contributed by atoms with E-state index in [0.717, 1.165) is 13.0 Å². The van der Waals surface area contributed by atoms with Crippen molar-refractivity contribution in [3.05, 3.63) is 48.0 Å². The molecule has 0 bridgehead atoms. The third kappa shape index (κ3) is 2.51. The van der Waals surface area contributed by atoms with Gasteiger partial charge in [-0.25, -0.2) is 0 Å². The van der Waals surface area contributed by atoms with Gasteiger partial charge in [-0.1, -0.05) is 42.5 Å². The van der Waals surface area contributed by atoms with E-state index in [-0.39, 0.29) is 5.92 Å². The maximum Gasteiger partial charge on any atom is 0.0711 e. The molecular formula is C17H20O2. The Bertz CT molecular complexity index is 563. The van der Waals surface area contributed by atoms with Crippen LogP contribution >= 0.6 is 0 Å². The van der Waals surface area contributed by atoms with Crippen molar-refractivity contribution in [1.82, 2.24) is 0 Å². The smallest absolute Gasteiger partial charge is 0.0711 e. The summed E-state index contributed by atoms with van der Waals surface area (Å²) in [6.07, 6.45) is 1.64. The van der Waals surface area contributed by atoms with Gasteiger partial charge in [0.15, 0.2) is 0 Å². The quantitative estimate of drug-likeness (QED) is 0.914. The second-order valence-corrected chi connectivity index (χ2v) is 5.73. The van der Waals surface area contributed by atoms with Crippen molar-refractivity contribution in [1.29, 1.82) is 0 Å². The zero-order valence-electron chi connectivity index (χ0n) is 11.3. The van der Waals surface area contributed by atoms with E-state index in [9.17, 15) is 5.11 Å². The molecule has 1 aliphatic rings. The molecule has 1 heterocycles. The minimum atomic E-state index is -0.694. The van der Waals surface area contributed by atoms with Crippen molar-refractivity contribution < 1.29 is 9.84 Å². The molecule has 1 fully saturated rings. The third-order valence-corrected chi connectivity index (χ3v) is 4.24. The highest BCUT2D eigenvalue weighted by atomic mass is 16.5. The highest BCUT2D eigenvalue weighted by molar-refractivity contribution is 5.85. The van der Waals surface area contributed by atoms with Crippen molar-refractivity contribution in [3.63, 3.8) is 0 Å². The predicted molar refractivity (Wildman–Crippen MR) is 77.2 cm³/mol. The summed E-state index contributed by atoms with van der Waals surface area (Å²) in [7, 11) is 0. The number of rotatable bonds is 3. The molecule has 2 aromatic carbocycles. The number of aliphatic hydroxyl groups is 1. The Labute approximate surface area is 114 Å². The molecule has 2 aromatic rings. The molecule has 1 saturated heterocycles. The minimum Gasteiger partial charge on any atom is -0.389 e. The van der Waals surface area contributed by atoms with Gasteiger partial charge in [-0.15, -0.1) is 0 Å². The van der Waals surface area contributed by atoms with Gasteiger partial charge >= 0.3 is 0 Å². The monoisotopic (exact) mass is 256 g/mol. The van der Waals surface area contributed by atoms with Crippen molar-refractivity contribution in [2.45, 2.75) is 25.4 Å². The predicted octanol–water partition coefficient (Wildman–Crippen LogP) is 3.17. The summed E-state index contributed by atoms with van der Waals surface area (Å²) in [4.78, 5) is 0. The van der Waals surface area contributed by atoms with Crippen LogP contribution in [0.5, 0.6) is 0 Å². The normalized spacial score (nSPS) is 22.5. The lowest BCUT2D eigenvalue weighted by Crippen LogP contribution is -2.37. The third-order valence-electron chi connectivity index (χ3n) is 4.24. The van der Waals surface area contributed by atoms with Crippen LogP contribution in [0.1, 0.15) is 18.9 Å². The minimum absolute atomic E-state index is 0.242. The lowest BCUT2D eigenvalue weighted by molar-refractivity contribution is -0.00428. The van der Waals surface area contributed by atoms with Crippen LogP contribution in [-0.4, -0.2) is 23.9 Å². The Morgan fingerprint density at radius 2 is 2.00 bits per heavy atom. The maximum absolute atomic E-state index is 10.7. The van der Waals surface area contributed by atoms with Gasteiger partial charge in [0.05, 0.1) is 12.2 Å². The summed E-state index contributed by atoms with van der Waals surface area (Å²) in [5, 5.41) is 13.2. The van der Waals surface area contributed by atoms with Crippen molar-refractivity contribution >= 4 is 10.8 Å². The van der Waals surface area contributed by atoms with Crippen LogP contribution in [-0.2, 0) is 11.2 Å². The van der Waals surface area contributed by atoms with Crippen LogP contribution in [0.25, 0.3) is 10.8 Å². The zero-order chi connectivity index (χ0) is 13.3. The lowest BCUT2D eigenvalue weighted by atomic mass is 9.82. The fourth-order valence-electron chi connectivity index (χ4n) is 3.00. The molecular weight excluding hydrogens is 236 g/mol. The van der Waals surface area contributed by atoms with E-state index >= 15 is 0 Å². The van der Waals surface area contributed by atoms with Crippen LogP contribution in [0.2, 0.25) is 0 Å². The van der Waals surface area contributed by atoms with Gasteiger partial charge in [0.25, 0.3) is 0 Å². The van der Waals surface area contributed by atoms with E-state index < -0.39 is 5.60 Å². The van der Waals surface area contributed by atoms with Crippen LogP contribution in [0.3, 0.4) is 0 Å². The van der Waals surface area contributed by atoms with Crippen LogP contribution < -0.4 is 0 Å². The van der Waals surface area contributed by atoms with E-state index in [4.69, 9.17) is 4.74 Å². The molecule has 0 amide bonds. The molecule has 0 spiro atoms. The maximum atomic E-state index is 10.7. The molecule has 0 aliphatic carbocycles. The van der Waals surface area contributed by atoms with Crippen LogP contribution in [0.15, 0.2) is 42.5 Å². The molecule has 0 radical (unpaired) electrons. The first-order chi connectivity index (χ1) is 9.17. The first kappa shape index (κ1) is 12.6. The van der Waals surface area contributed by atoms with Crippen molar-refractivity contribution in [3.8, 4) is 0 Å². The number of hydrogen-bond acceptors (Lipinski definition) is 2. The highest BCUT2D eigenvalue weighted by Crippen LogP contribution is 2.31. The molecule has 2 heteroatoms. The average Bonchev–Trinajstić information content (AvgIpc) is 2.93. The van der Waals surface area contributed by atoms with E-state index in [1.807, 2.05) is 6.92 Å². The fourth-order valence-corrected chi connectivity index (χ4v) is 3.00. The number of hydrogen-bond donors (Lipinski definition) is 1. The molecule has 100 valence electrons. The average molecular weight is 256 g/mol. The lowest BCUT2D eigenvalue weighted by Gasteiger charge is -2.29. The van der Waals surface area contributed by atoms with Gasteiger partial charge in [-0.3, -0.25) is 0 Å². The Morgan fingerprint density at radius 1 is 1.21 bits per heavy atom. The molecule has 0 aromatic heterocycles. The fraction of sp³-hybridized carbons (Fsp3) is 0.412. The summed E-state index contributed by atoms with van der Waals surface area (Å²) < 4.78 is 5.41.